The molecule has 1 aromatic carbocycles. The molecule has 0 bridgehead atoms. The molecule has 96 valence electrons. The minimum Gasteiger partial charge on any atom is -0.463 e. The Morgan fingerprint density at radius 1 is 1.28 bits per heavy atom. The third kappa shape index (κ3) is 2.17. The molecule has 0 heterocycles. The molecule has 3 nitrogen and oxygen atoms in total. The van der Waals surface area contributed by atoms with Crippen molar-refractivity contribution in [3.05, 3.63) is 34.4 Å². The second kappa shape index (κ2) is 4.92. The maximum Gasteiger partial charge on any atom is 0.379 e. The molecular weight excluding hydrogens is 228 g/mol. The Morgan fingerprint density at radius 3 is 2.44 bits per heavy atom. The second-order valence-corrected chi connectivity index (χ2v) is 4.94. The lowest BCUT2D eigenvalue weighted by molar-refractivity contribution is -0.135. The predicted molar refractivity (Wildman–Crippen MR) is 68.7 cm³/mol. The summed E-state index contributed by atoms with van der Waals surface area (Å²) in [6, 6.07) is 3.92. The number of hydrogen-bond donors (Lipinski definition) is 0. The summed E-state index contributed by atoms with van der Waals surface area (Å²) in [5, 5.41) is 0. The van der Waals surface area contributed by atoms with E-state index in [0.29, 0.717) is 11.5 Å². The average Bonchev–Trinajstić information content (AvgIpc) is 2.77. The molecule has 0 saturated carbocycles. The fraction of sp³-hybridized carbons (Fsp3) is 0.467. The zero-order valence-electron chi connectivity index (χ0n) is 11.1. The van der Waals surface area contributed by atoms with E-state index >= 15 is 0 Å². The van der Waals surface area contributed by atoms with Gasteiger partial charge in [0, 0.05) is 5.56 Å². The highest BCUT2D eigenvalue weighted by Crippen LogP contribution is 2.31. The van der Waals surface area contributed by atoms with Gasteiger partial charge in [0.05, 0.1) is 7.11 Å². The van der Waals surface area contributed by atoms with E-state index < -0.39 is 11.8 Å². The van der Waals surface area contributed by atoms with E-state index in [1.54, 1.807) is 0 Å². The third-order valence-electron chi connectivity index (χ3n) is 3.76. The minimum atomic E-state index is -0.789. The molecule has 0 radical (unpaired) electrons. The molecule has 0 fully saturated rings. The number of carbonyl (C=O) groups is 2. The molecular formula is C15H18O3. The van der Waals surface area contributed by atoms with Gasteiger partial charge < -0.3 is 4.74 Å². The molecule has 0 aliphatic heterocycles. The van der Waals surface area contributed by atoms with Gasteiger partial charge in [0.1, 0.15) is 0 Å². The molecule has 3 heteroatoms. The molecule has 18 heavy (non-hydrogen) atoms. The number of benzene rings is 1. The maximum atomic E-state index is 11.9. The molecule has 0 amide bonds. The van der Waals surface area contributed by atoms with Crippen molar-refractivity contribution in [2.24, 2.45) is 5.92 Å². The summed E-state index contributed by atoms with van der Waals surface area (Å²) >= 11 is 0. The van der Waals surface area contributed by atoms with Gasteiger partial charge in [0.2, 0.25) is 0 Å². The summed E-state index contributed by atoms with van der Waals surface area (Å²) in [7, 11) is 1.23. The number of esters is 1. The molecule has 1 aliphatic rings. The van der Waals surface area contributed by atoms with E-state index in [4.69, 9.17) is 0 Å². The molecule has 0 aromatic heterocycles. The minimum absolute atomic E-state index is 0.484. The van der Waals surface area contributed by atoms with Crippen molar-refractivity contribution in [1.82, 2.24) is 0 Å². The summed E-state index contributed by atoms with van der Waals surface area (Å²) < 4.78 is 4.49. The van der Waals surface area contributed by atoms with Crippen LogP contribution in [0.5, 0.6) is 0 Å². The number of aryl methyl sites for hydroxylation is 1. The van der Waals surface area contributed by atoms with Crippen LogP contribution in [0.25, 0.3) is 0 Å². The third-order valence-corrected chi connectivity index (χ3v) is 3.76. The first-order chi connectivity index (χ1) is 8.56. The smallest absolute Gasteiger partial charge is 0.379 e. The van der Waals surface area contributed by atoms with E-state index in [1.165, 1.54) is 18.2 Å². The molecule has 0 saturated heterocycles. The Kier molecular flexibility index (Phi) is 3.50. The lowest BCUT2D eigenvalue weighted by atomic mass is 9.98. The van der Waals surface area contributed by atoms with Crippen LogP contribution in [0.3, 0.4) is 0 Å². The first-order valence-electron chi connectivity index (χ1n) is 6.31. The van der Waals surface area contributed by atoms with Gasteiger partial charge in [-0.2, -0.15) is 0 Å². The van der Waals surface area contributed by atoms with E-state index in [9.17, 15) is 9.59 Å². The highest BCUT2D eigenvalue weighted by molar-refractivity contribution is 6.41. The van der Waals surface area contributed by atoms with Gasteiger partial charge in [-0.05, 0) is 48.4 Å². The van der Waals surface area contributed by atoms with Crippen molar-refractivity contribution in [2.45, 2.75) is 33.1 Å². The molecule has 1 unspecified atom stereocenters. The standard InChI is InChI=1S/C15H18O3/c1-4-10-6-11-5-9(2)13(8-12(11)7-10)14(16)15(17)18-3/h5,8,10H,4,6-7H2,1-3H3. The highest BCUT2D eigenvalue weighted by atomic mass is 16.5. The van der Waals surface area contributed by atoms with Crippen LogP contribution in [0.1, 0.15) is 40.4 Å². The van der Waals surface area contributed by atoms with Gasteiger partial charge >= 0.3 is 5.97 Å². The van der Waals surface area contributed by atoms with Crippen molar-refractivity contribution in [3.63, 3.8) is 0 Å². The molecule has 1 atom stereocenters. The molecule has 1 aromatic rings. The summed E-state index contributed by atoms with van der Waals surface area (Å²) in [6.07, 6.45) is 3.24. The SMILES string of the molecule is CCC1Cc2cc(C)c(C(=O)C(=O)OC)cc2C1. The second-order valence-electron chi connectivity index (χ2n) is 4.94. The van der Waals surface area contributed by atoms with Crippen LogP contribution in [0.2, 0.25) is 0 Å². The van der Waals surface area contributed by atoms with Crippen molar-refractivity contribution in [1.29, 1.82) is 0 Å². The number of hydrogen-bond acceptors (Lipinski definition) is 3. The maximum absolute atomic E-state index is 11.9. The van der Waals surface area contributed by atoms with Crippen LogP contribution < -0.4 is 0 Å². The zero-order chi connectivity index (χ0) is 13.3. The Hall–Kier alpha value is -1.64. The fourth-order valence-corrected chi connectivity index (χ4v) is 2.62. The van der Waals surface area contributed by atoms with Crippen LogP contribution >= 0.6 is 0 Å². The van der Waals surface area contributed by atoms with Crippen molar-refractivity contribution in [2.75, 3.05) is 7.11 Å². The molecule has 2 rings (SSSR count). The molecule has 0 N–H and O–H groups in total. The van der Waals surface area contributed by atoms with Crippen LogP contribution in [0.15, 0.2) is 12.1 Å². The summed E-state index contributed by atoms with van der Waals surface area (Å²) in [4.78, 5) is 23.2. The van der Waals surface area contributed by atoms with Gasteiger partial charge in [-0.25, -0.2) is 4.79 Å². The summed E-state index contributed by atoms with van der Waals surface area (Å²) in [6.45, 7) is 4.06. The summed E-state index contributed by atoms with van der Waals surface area (Å²) in [5.41, 5.74) is 3.87. The van der Waals surface area contributed by atoms with Crippen molar-refractivity contribution in [3.8, 4) is 0 Å². The van der Waals surface area contributed by atoms with Gasteiger partial charge in [0.15, 0.2) is 0 Å². The van der Waals surface area contributed by atoms with E-state index in [0.717, 1.165) is 24.8 Å². The first kappa shape index (κ1) is 12.8. The predicted octanol–water partition coefficient (Wildman–Crippen LogP) is 2.48. The monoisotopic (exact) mass is 246 g/mol. The lowest BCUT2D eigenvalue weighted by Gasteiger charge is -2.07. The zero-order valence-corrected chi connectivity index (χ0v) is 11.1. The quantitative estimate of drug-likeness (QED) is 0.467. The van der Waals surface area contributed by atoms with Crippen molar-refractivity contribution < 1.29 is 14.3 Å². The van der Waals surface area contributed by atoms with Crippen LogP contribution in [-0.2, 0) is 22.4 Å². The molecule has 1 aliphatic carbocycles. The highest BCUT2D eigenvalue weighted by Gasteiger charge is 2.25. The number of rotatable bonds is 3. The van der Waals surface area contributed by atoms with E-state index in [1.807, 2.05) is 19.1 Å². The number of ether oxygens (including phenoxy) is 1. The Balaban J connectivity index is 2.36. The van der Waals surface area contributed by atoms with Crippen molar-refractivity contribution >= 4 is 11.8 Å². The number of fused-ring (bicyclic) bond motifs is 1. The lowest BCUT2D eigenvalue weighted by Crippen LogP contribution is -2.17. The van der Waals surface area contributed by atoms with Gasteiger partial charge in [-0.1, -0.05) is 19.4 Å². The number of Topliss-reactive ketones (excluding diaryl/α,β-unsaturated/α-hetero) is 1. The molecule has 0 spiro atoms. The fourth-order valence-electron chi connectivity index (χ4n) is 2.62. The number of methoxy groups -OCH3 is 1. The van der Waals surface area contributed by atoms with E-state index in [-0.39, 0.29) is 0 Å². The van der Waals surface area contributed by atoms with E-state index in [2.05, 4.69) is 11.7 Å². The Morgan fingerprint density at radius 2 is 1.89 bits per heavy atom. The Labute approximate surface area is 107 Å². The van der Waals surface area contributed by atoms with Crippen LogP contribution in [-0.4, -0.2) is 18.9 Å². The largest absolute Gasteiger partial charge is 0.463 e. The van der Waals surface area contributed by atoms with Gasteiger partial charge in [-0.3, -0.25) is 4.79 Å². The Bertz CT molecular complexity index is 503. The van der Waals surface area contributed by atoms with Crippen LogP contribution in [0.4, 0.5) is 0 Å². The van der Waals surface area contributed by atoms with Gasteiger partial charge in [0.25, 0.3) is 5.78 Å². The average molecular weight is 246 g/mol. The number of ketones is 1. The number of carbonyl (C=O) groups excluding carboxylic acids is 2. The summed E-state index contributed by atoms with van der Waals surface area (Å²) in [5.74, 6) is -0.663. The first-order valence-corrected chi connectivity index (χ1v) is 6.31. The normalized spacial score (nSPS) is 17.4. The topological polar surface area (TPSA) is 43.4 Å². The van der Waals surface area contributed by atoms with Crippen LogP contribution in [0, 0.1) is 12.8 Å². The van der Waals surface area contributed by atoms with Gasteiger partial charge in [-0.15, -0.1) is 0 Å².